The fourth-order valence-electron chi connectivity index (χ4n) is 1.36. The third-order valence-electron chi connectivity index (χ3n) is 2.13. The summed E-state index contributed by atoms with van der Waals surface area (Å²) in [4.78, 5) is 20.8. The van der Waals surface area contributed by atoms with Gasteiger partial charge < -0.3 is 0 Å². The van der Waals surface area contributed by atoms with Gasteiger partial charge in [-0.05, 0) is 25.0 Å². The number of aryl methyl sites for hydroxylation is 1. The Bertz CT molecular complexity index is 429. The van der Waals surface area contributed by atoms with Crippen molar-refractivity contribution in [2.75, 3.05) is 0 Å². The summed E-state index contributed by atoms with van der Waals surface area (Å²) in [6.45, 7) is 3.06. The Hall–Kier alpha value is -1.78. The van der Waals surface area contributed by atoms with Gasteiger partial charge in [-0.1, -0.05) is 6.92 Å². The lowest BCUT2D eigenvalue weighted by molar-refractivity contribution is -0.387. The van der Waals surface area contributed by atoms with Crippen LogP contribution in [-0.2, 0) is 6.42 Å². The maximum Gasteiger partial charge on any atom is 0.305 e. The van der Waals surface area contributed by atoms with Crippen LogP contribution in [0, 0.1) is 15.9 Å². The Morgan fingerprint density at radius 2 is 2.13 bits per heavy atom. The van der Waals surface area contributed by atoms with E-state index in [1.54, 1.807) is 6.92 Å². The second kappa shape index (κ2) is 4.16. The first-order valence-corrected chi connectivity index (χ1v) is 4.45. The summed E-state index contributed by atoms with van der Waals surface area (Å²) >= 11 is 0. The zero-order chi connectivity index (χ0) is 11.6. The number of hydrogen-bond donors (Lipinski definition) is 0. The number of nitro benzene ring substituents is 1. The first-order valence-electron chi connectivity index (χ1n) is 4.45. The lowest BCUT2D eigenvalue weighted by Gasteiger charge is -2.04. The number of Topliss-reactive ketones (excluding diaryl/α,β-unsaturated/α-hetero) is 1. The van der Waals surface area contributed by atoms with Gasteiger partial charge in [0, 0.05) is 11.6 Å². The molecule has 0 saturated carbocycles. The van der Waals surface area contributed by atoms with Gasteiger partial charge in [-0.3, -0.25) is 14.9 Å². The van der Waals surface area contributed by atoms with Gasteiger partial charge in [0.05, 0.1) is 4.92 Å². The van der Waals surface area contributed by atoms with Crippen LogP contribution >= 0.6 is 0 Å². The monoisotopic (exact) mass is 211 g/mol. The summed E-state index contributed by atoms with van der Waals surface area (Å²) in [5.74, 6) is -1.20. The van der Waals surface area contributed by atoms with Gasteiger partial charge >= 0.3 is 5.69 Å². The molecule has 0 aliphatic heterocycles. The number of halogens is 1. The number of rotatable bonds is 3. The molecular formula is C10H10FNO3. The highest BCUT2D eigenvalue weighted by Crippen LogP contribution is 2.23. The van der Waals surface area contributed by atoms with E-state index in [2.05, 4.69) is 0 Å². The zero-order valence-corrected chi connectivity index (χ0v) is 8.41. The van der Waals surface area contributed by atoms with Crippen molar-refractivity contribution in [1.82, 2.24) is 0 Å². The van der Waals surface area contributed by atoms with Crippen molar-refractivity contribution in [2.45, 2.75) is 20.3 Å². The van der Waals surface area contributed by atoms with E-state index in [0.29, 0.717) is 12.0 Å². The molecule has 0 N–H and O–H groups in total. The number of hydrogen-bond acceptors (Lipinski definition) is 3. The Morgan fingerprint density at radius 3 is 2.53 bits per heavy atom. The minimum absolute atomic E-state index is 0.214. The predicted molar refractivity (Wildman–Crippen MR) is 52.4 cm³/mol. The van der Waals surface area contributed by atoms with Gasteiger partial charge in [0.15, 0.2) is 5.78 Å². The van der Waals surface area contributed by atoms with Crippen molar-refractivity contribution >= 4 is 11.5 Å². The molecule has 0 fully saturated rings. The number of benzene rings is 1. The molecule has 0 unspecified atom stereocenters. The third-order valence-corrected chi connectivity index (χ3v) is 2.13. The number of nitrogens with zero attached hydrogens (tertiary/aromatic N) is 1. The minimum atomic E-state index is -0.901. The first-order chi connectivity index (χ1) is 6.97. The molecular weight excluding hydrogens is 201 g/mol. The van der Waals surface area contributed by atoms with E-state index in [1.165, 1.54) is 6.92 Å². The van der Waals surface area contributed by atoms with Gasteiger partial charge in [-0.25, -0.2) is 0 Å². The van der Waals surface area contributed by atoms with E-state index in [9.17, 15) is 19.3 Å². The van der Waals surface area contributed by atoms with Crippen LogP contribution in [-0.4, -0.2) is 10.7 Å². The summed E-state index contributed by atoms with van der Waals surface area (Å²) in [5.41, 5.74) is 0.0496. The van der Waals surface area contributed by atoms with Gasteiger partial charge in [0.1, 0.15) is 0 Å². The average molecular weight is 211 g/mol. The molecule has 0 amide bonds. The van der Waals surface area contributed by atoms with Crippen LogP contribution in [0.4, 0.5) is 10.1 Å². The van der Waals surface area contributed by atoms with Crippen LogP contribution in [0.15, 0.2) is 12.1 Å². The summed E-state index contributed by atoms with van der Waals surface area (Å²) in [6.07, 6.45) is 0.462. The Kier molecular flexibility index (Phi) is 3.14. The lowest BCUT2D eigenvalue weighted by atomic mass is 10.0. The normalized spacial score (nSPS) is 10.1. The van der Waals surface area contributed by atoms with Crippen molar-refractivity contribution in [3.63, 3.8) is 0 Å². The fraction of sp³-hybridized carbons (Fsp3) is 0.300. The van der Waals surface area contributed by atoms with Gasteiger partial charge in [-0.15, -0.1) is 0 Å². The van der Waals surface area contributed by atoms with E-state index in [4.69, 9.17) is 0 Å². The highest BCUT2D eigenvalue weighted by Gasteiger charge is 2.19. The standard InChI is InChI=1S/C10H10FNO3/c1-3-7-4-9(11)10(12(14)15)5-8(7)6(2)13/h4-5H,3H2,1-2H3. The van der Waals surface area contributed by atoms with Crippen LogP contribution in [0.5, 0.6) is 0 Å². The molecule has 5 heteroatoms. The van der Waals surface area contributed by atoms with E-state index in [0.717, 1.165) is 12.1 Å². The highest BCUT2D eigenvalue weighted by molar-refractivity contribution is 5.96. The summed E-state index contributed by atoms with van der Waals surface area (Å²) in [5, 5.41) is 10.5. The largest absolute Gasteiger partial charge is 0.305 e. The summed E-state index contributed by atoms with van der Waals surface area (Å²) in [7, 11) is 0. The predicted octanol–water partition coefficient (Wildman–Crippen LogP) is 2.50. The van der Waals surface area contributed by atoms with Crippen molar-refractivity contribution in [3.8, 4) is 0 Å². The van der Waals surface area contributed by atoms with Crippen molar-refractivity contribution in [2.24, 2.45) is 0 Å². The number of carbonyl (C=O) groups is 1. The van der Waals surface area contributed by atoms with Crippen molar-refractivity contribution < 1.29 is 14.1 Å². The molecule has 0 heterocycles. The van der Waals surface area contributed by atoms with Crippen molar-refractivity contribution in [1.29, 1.82) is 0 Å². The summed E-state index contributed by atoms with van der Waals surface area (Å²) in [6, 6.07) is 2.05. The fourth-order valence-corrected chi connectivity index (χ4v) is 1.36. The summed E-state index contributed by atoms with van der Waals surface area (Å²) < 4.78 is 13.2. The van der Waals surface area contributed by atoms with Crippen LogP contribution in [0.3, 0.4) is 0 Å². The smallest absolute Gasteiger partial charge is 0.294 e. The van der Waals surface area contributed by atoms with E-state index in [-0.39, 0.29) is 11.3 Å². The SMILES string of the molecule is CCc1cc(F)c([N+](=O)[O-])cc1C(C)=O. The molecule has 0 atom stereocenters. The molecule has 1 aromatic rings. The van der Waals surface area contributed by atoms with E-state index >= 15 is 0 Å². The van der Waals surface area contributed by atoms with Gasteiger partial charge in [0.2, 0.25) is 5.82 Å². The van der Waals surface area contributed by atoms with E-state index in [1.807, 2.05) is 0 Å². The Balaban J connectivity index is 3.43. The Morgan fingerprint density at radius 1 is 1.53 bits per heavy atom. The molecule has 0 bridgehead atoms. The molecule has 1 rings (SSSR count). The zero-order valence-electron chi connectivity index (χ0n) is 8.41. The second-order valence-electron chi connectivity index (χ2n) is 3.13. The quantitative estimate of drug-likeness (QED) is 0.438. The maximum absolute atomic E-state index is 13.2. The molecule has 0 saturated heterocycles. The molecule has 1 aromatic carbocycles. The minimum Gasteiger partial charge on any atom is -0.294 e. The maximum atomic E-state index is 13.2. The molecule has 0 aromatic heterocycles. The van der Waals surface area contributed by atoms with Crippen LogP contribution < -0.4 is 0 Å². The molecule has 0 spiro atoms. The second-order valence-corrected chi connectivity index (χ2v) is 3.13. The third kappa shape index (κ3) is 2.18. The highest BCUT2D eigenvalue weighted by atomic mass is 19.1. The number of ketones is 1. The molecule has 4 nitrogen and oxygen atoms in total. The molecule has 15 heavy (non-hydrogen) atoms. The molecule has 80 valence electrons. The molecule has 0 aliphatic rings. The van der Waals surface area contributed by atoms with Gasteiger partial charge in [0.25, 0.3) is 0 Å². The lowest BCUT2D eigenvalue weighted by Crippen LogP contribution is -2.03. The average Bonchev–Trinajstić information content (AvgIpc) is 2.16. The van der Waals surface area contributed by atoms with Gasteiger partial charge in [-0.2, -0.15) is 4.39 Å². The van der Waals surface area contributed by atoms with E-state index < -0.39 is 16.4 Å². The molecule has 0 radical (unpaired) electrons. The Labute approximate surface area is 85.9 Å². The van der Waals surface area contributed by atoms with Crippen molar-refractivity contribution in [3.05, 3.63) is 39.2 Å². The molecule has 0 aliphatic carbocycles. The van der Waals surface area contributed by atoms with Crippen LogP contribution in [0.25, 0.3) is 0 Å². The number of nitro groups is 1. The first kappa shape index (κ1) is 11.3. The van der Waals surface area contributed by atoms with Crippen LogP contribution in [0.2, 0.25) is 0 Å². The topological polar surface area (TPSA) is 60.2 Å². The van der Waals surface area contributed by atoms with Crippen LogP contribution in [0.1, 0.15) is 29.8 Å². The number of carbonyl (C=O) groups excluding carboxylic acids is 1.